The average molecular weight is 299 g/mol. The lowest BCUT2D eigenvalue weighted by Gasteiger charge is -2.11. The Morgan fingerprint density at radius 3 is 2.73 bits per heavy atom. The quantitative estimate of drug-likeness (QED) is 0.668. The van der Waals surface area contributed by atoms with Gasteiger partial charge in [0.05, 0.1) is 0 Å². The van der Waals surface area contributed by atoms with Crippen molar-refractivity contribution >= 4 is 12.0 Å². The smallest absolute Gasteiger partial charge is 0.262 e. The summed E-state index contributed by atoms with van der Waals surface area (Å²) in [6, 6.07) is 4.33. The van der Waals surface area contributed by atoms with Gasteiger partial charge in [0.2, 0.25) is 0 Å². The second-order valence-electron chi connectivity index (χ2n) is 6.10. The molecule has 1 aliphatic rings. The molecule has 4 nitrogen and oxygen atoms in total. The molecule has 0 aliphatic heterocycles. The first kappa shape index (κ1) is 16.4. The SMILES string of the molecule is CCCn1c(C)cc(C=C(C#N)C(=O)NC2CCCC2)c1C. The molecular weight excluding hydrogens is 274 g/mol. The number of amides is 1. The van der Waals surface area contributed by atoms with Crippen LogP contribution in [0.3, 0.4) is 0 Å². The molecule has 1 aromatic rings. The van der Waals surface area contributed by atoms with Crippen LogP contribution >= 0.6 is 0 Å². The lowest BCUT2D eigenvalue weighted by atomic mass is 10.1. The van der Waals surface area contributed by atoms with Crippen molar-refractivity contribution < 1.29 is 4.79 Å². The van der Waals surface area contributed by atoms with Crippen LogP contribution in [0.5, 0.6) is 0 Å². The Kier molecular flexibility index (Phi) is 5.43. The minimum absolute atomic E-state index is 0.198. The van der Waals surface area contributed by atoms with Crippen molar-refractivity contribution in [3.63, 3.8) is 0 Å². The van der Waals surface area contributed by atoms with E-state index in [0.29, 0.717) is 0 Å². The number of carbonyl (C=O) groups is 1. The highest BCUT2D eigenvalue weighted by molar-refractivity contribution is 6.02. The van der Waals surface area contributed by atoms with Crippen molar-refractivity contribution in [3.05, 3.63) is 28.6 Å². The fraction of sp³-hybridized carbons (Fsp3) is 0.556. The van der Waals surface area contributed by atoms with Crippen LogP contribution in [0.1, 0.15) is 56.0 Å². The summed E-state index contributed by atoms with van der Waals surface area (Å²) in [5.41, 5.74) is 3.44. The van der Waals surface area contributed by atoms with E-state index in [-0.39, 0.29) is 17.5 Å². The van der Waals surface area contributed by atoms with Gasteiger partial charge in [0.1, 0.15) is 11.6 Å². The second kappa shape index (κ2) is 7.31. The number of nitrogens with zero attached hydrogens (tertiary/aromatic N) is 2. The largest absolute Gasteiger partial charge is 0.349 e. The highest BCUT2D eigenvalue weighted by Gasteiger charge is 2.19. The highest BCUT2D eigenvalue weighted by Crippen LogP contribution is 2.20. The molecule has 0 bridgehead atoms. The normalized spacial score (nSPS) is 15.8. The third-order valence-corrected chi connectivity index (χ3v) is 4.42. The van der Waals surface area contributed by atoms with E-state index in [1.165, 1.54) is 5.69 Å². The van der Waals surface area contributed by atoms with Crippen LogP contribution in [0.4, 0.5) is 0 Å². The number of nitriles is 1. The molecule has 2 rings (SSSR count). The van der Waals surface area contributed by atoms with E-state index in [4.69, 9.17) is 0 Å². The van der Waals surface area contributed by atoms with Crippen molar-refractivity contribution in [1.29, 1.82) is 5.26 Å². The lowest BCUT2D eigenvalue weighted by Crippen LogP contribution is -2.33. The van der Waals surface area contributed by atoms with Gasteiger partial charge in [-0.25, -0.2) is 0 Å². The van der Waals surface area contributed by atoms with Gasteiger partial charge in [0.25, 0.3) is 5.91 Å². The van der Waals surface area contributed by atoms with Crippen LogP contribution in [0.2, 0.25) is 0 Å². The van der Waals surface area contributed by atoms with Gasteiger partial charge in [-0.15, -0.1) is 0 Å². The molecule has 0 radical (unpaired) electrons. The predicted octanol–water partition coefficient (Wildman–Crippen LogP) is 3.48. The van der Waals surface area contributed by atoms with E-state index in [0.717, 1.165) is 49.9 Å². The maximum atomic E-state index is 12.3. The first-order valence-corrected chi connectivity index (χ1v) is 8.16. The van der Waals surface area contributed by atoms with Crippen LogP contribution in [-0.4, -0.2) is 16.5 Å². The number of aryl methyl sites for hydroxylation is 1. The number of carbonyl (C=O) groups excluding carboxylic acids is 1. The molecule has 0 spiro atoms. The number of hydrogen-bond acceptors (Lipinski definition) is 2. The van der Waals surface area contributed by atoms with Gasteiger partial charge in [-0.1, -0.05) is 19.8 Å². The first-order valence-electron chi connectivity index (χ1n) is 8.16. The van der Waals surface area contributed by atoms with E-state index in [1.807, 2.05) is 13.0 Å². The lowest BCUT2D eigenvalue weighted by molar-refractivity contribution is -0.117. The summed E-state index contributed by atoms with van der Waals surface area (Å²) < 4.78 is 2.23. The maximum absolute atomic E-state index is 12.3. The molecule has 1 amide bonds. The summed E-state index contributed by atoms with van der Waals surface area (Å²) in [6.45, 7) is 7.20. The number of hydrogen-bond donors (Lipinski definition) is 1. The minimum Gasteiger partial charge on any atom is -0.349 e. The summed E-state index contributed by atoms with van der Waals surface area (Å²) >= 11 is 0. The standard InChI is InChI=1S/C18H25N3O/c1-4-9-21-13(2)10-15(14(21)3)11-16(12-19)18(22)20-17-7-5-6-8-17/h10-11,17H,4-9H2,1-3H3,(H,20,22). The van der Waals surface area contributed by atoms with E-state index in [1.54, 1.807) is 6.08 Å². The van der Waals surface area contributed by atoms with E-state index >= 15 is 0 Å². The maximum Gasteiger partial charge on any atom is 0.262 e. The van der Waals surface area contributed by atoms with Gasteiger partial charge >= 0.3 is 0 Å². The van der Waals surface area contributed by atoms with Gasteiger partial charge < -0.3 is 9.88 Å². The molecule has 1 N–H and O–H groups in total. The zero-order chi connectivity index (χ0) is 16.1. The topological polar surface area (TPSA) is 57.8 Å². The summed E-state index contributed by atoms with van der Waals surface area (Å²) in [5, 5.41) is 12.3. The fourth-order valence-corrected chi connectivity index (χ4v) is 3.18. The number of rotatable bonds is 5. The molecule has 1 fully saturated rings. The Morgan fingerprint density at radius 2 is 2.14 bits per heavy atom. The van der Waals surface area contributed by atoms with Crippen LogP contribution < -0.4 is 5.32 Å². The minimum atomic E-state index is -0.241. The van der Waals surface area contributed by atoms with E-state index in [2.05, 4.69) is 29.8 Å². The molecule has 4 heteroatoms. The summed E-state index contributed by atoms with van der Waals surface area (Å²) in [7, 11) is 0. The van der Waals surface area contributed by atoms with Gasteiger partial charge in [0.15, 0.2) is 0 Å². The van der Waals surface area contributed by atoms with Crippen molar-refractivity contribution in [2.45, 2.75) is 65.5 Å². The zero-order valence-electron chi connectivity index (χ0n) is 13.8. The van der Waals surface area contributed by atoms with Gasteiger partial charge in [-0.3, -0.25) is 4.79 Å². The van der Waals surface area contributed by atoms with Gasteiger partial charge in [-0.2, -0.15) is 5.26 Å². The number of aromatic nitrogens is 1. The van der Waals surface area contributed by atoms with E-state index < -0.39 is 0 Å². The third-order valence-electron chi connectivity index (χ3n) is 4.42. The molecule has 1 saturated carbocycles. The zero-order valence-corrected chi connectivity index (χ0v) is 13.8. The summed E-state index contributed by atoms with van der Waals surface area (Å²) in [4.78, 5) is 12.3. The average Bonchev–Trinajstić information content (AvgIpc) is 3.08. The number of nitrogens with one attached hydrogen (secondary N) is 1. The summed E-state index contributed by atoms with van der Waals surface area (Å²) in [5.74, 6) is -0.241. The molecule has 0 unspecified atom stereocenters. The Bertz CT molecular complexity index is 613. The molecule has 1 heterocycles. The molecule has 1 aliphatic carbocycles. The van der Waals surface area contributed by atoms with Crippen LogP contribution in [0.25, 0.3) is 6.08 Å². The molecule has 118 valence electrons. The second-order valence-corrected chi connectivity index (χ2v) is 6.10. The van der Waals surface area contributed by atoms with Gasteiger partial charge in [-0.05, 0) is 50.8 Å². The Hall–Kier alpha value is -2.02. The van der Waals surface area contributed by atoms with Crippen molar-refractivity contribution in [2.24, 2.45) is 0 Å². The molecule has 0 aromatic carbocycles. The predicted molar refractivity (Wildman–Crippen MR) is 88.2 cm³/mol. The molecule has 0 saturated heterocycles. The van der Waals surface area contributed by atoms with Crippen molar-refractivity contribution in [2.75, 3.05) is 0 Å². The van der Waals surface area contributed by atoms with Crippen LogP contribution in [0, 0.1) is 25.2 Å². The van der Waals surface area contributed by atoms with E-state index in [9.17, 15) is 10.1 Å². The van der Waals surface area contributed by atoms with Crippen LogP contribution in [-0.2, 0) is 11.3 Å². The van der Waals surface area contributed by atoms with Crippen molar-refractivity contribution in [3.8, 4) is 6.07 Å². The molecule has 0 atom stereocenters. The highest BCUT2D eigenvalue weighted by atomic mass is 16.1. The molecule has 1 aromatic heterocycles. The Morgan fingerprint density at radius 1 is 1.45 bits per heavy atom. The van der Waals surface area contributed by atoms with Crippen molar-refractivity contribution in [1.82, 2.24) is 9.88 Å². The fourth-order valence-electron chi connectivity index (χ4n) is 3.18. The Labute approximate surface area is 132 Å². The first-order chi connectivity index (χ1) is 10.6. The third kappa shape index (κ3) is 3.59. The van der Waals surface area contributed by atoms with Crippen LogP contribution in [0.15, 0.2) is 11.6 Å². The molecular formula is C18H25N3O. The Balaban J connectivity index is 2.19. The monoisotopic (exact) mass is 299 g/mol. The summed E-state index contributed by atoms with van der Waals surface area (Å²) in [6.07, 6.45) is 7.15. The van der Waals surface area contributed by atoms with Gasteiger partial charge in [0, 0.05) is 24.0 Å². The molecule has 22 heavy (non-hydrogen) atoms.